The van der Waals surface area contributed by atoms with Crippen molar-refractivity contribution in [2.45, 2.75) is 6.42 Å². The number of carbonyl (C=O) groups excluding carboxylic acids is 1. The molecule has 1 rings (SSSR count). The van der Waals surface area contributed by atoms with Gasteiger partial charge < -0.3 is 10.5 Å². The van der Waals surface area contributed by atoms with Crippen molar-refractivity contribution in [2.75, 3.05) is 12.8 Å². The molecule has 1 aromatic rings. The number of halogens is 1. The van der Waals surface area contributed by atoms with Gasteiger partial charge in [0.1, 0.15) is 6.42 Å². The Labute approximate surface area is 93.2 Å². The molecule has 0 bridgehead atoms. The van der Waals surface area contributed by atoms with E-state index in [0.717, 1.165) is 0 Å². The molecule has 0 aromatic heterocycles. The van der Waals surface area contributed by atoms with Gasteiger partial charge in [-0.2, -0.15) is 0 Å². The van der Waals surface area contributed by atoms with Crippen LogP contribution in [0.4, 0.5) is 5.69 Å². The molecule has 0 unspecified atom stereocenters. The molecule has 0 heterocycles. The second kappa shape index (κ2) is 5.28. The van der Waals surface area contributed by atoms with Crippen LogP contribution in [0.5, 0.6) is 0 Å². The van der Waals surface area contributed by atoms with Gasteiger partial charge in [-0.1, -0.05) is 23.4 Å². The Bertz CT molecular complexity index is 432. The number of hydrogen-bond acceptors (Lipinski definition) is 3. The summed E-state index contributed by atoms with van der Waals surface area (Å²) in [7, 11) is 1.32. The fourth-order valence-electron chi connectivity index (χ4n) is 0.916. The molecule has 2 N–H and O–H groups in total. The highest BCUT2D eigenvalue weighted by atomic mass is 35.5. The van der Waals surface area contributed by atoms with Gasteiger partial charge in [0.05, 0.1) is 12.1 Å². The van der Waals surface area contributed by atoms with Gasteiger partial charge >= 0.3 is 5.97 Å². The van der Waals surface area contributed by atoms with E-state index in [2.05, 4.69) is 16.6 Å². The van der Waals surface area contributed by atoms with E-state index in [0.29, 0.717) is 16.3 Å². The summed E-state index contributed by atoms with van der Waals surface area (Å²) in [5, 5.41) is 0.479. The van der Waals surface area contributed by atoms with E-state index in [9.17, 15) is 4.79 Å². The van der Waals surface area contributed by atoms with E-state index in [1.54, 1.807) is 18.2 Å². The third kappa shape index (κ3) is 3.53. The second-order valence-corrected chi connectivity index (χ2v) is 3.20. The molecule has 0 fully saturated rings. The summed E-state index contributed by atoms with van der Waals surface area (Å²) in [5.41, 5.74) is 6.75. The van der Waals surface area contributed by atoms with Crippen LogP contribution in [0.2, 0.25) is 5.02 Å². The first-order valence-corrected chi connectivity index (χ1v) is 4.62. The first kappa shape index (κ1) is 11.4. The van der Waals surface area contributed by atoms with Crippen LogP contribution in [0.1, 0.15) is 12.0 Å². The minimum absolute atomic E-state index is 0.0528. The molecule has 0 saturated carbocycles. The van der Waals surface area contributed by atoms with Crippen molar-refractivity contribution in [3.8, 4) is 11.8 Å². The third-order valence-electron chi connectivity index (χ3n) is 1.68. The Balaban J connectivity index is 2.76. The van der Waals surface area contributed by atoms with Gasteiger partial charge in [0.2, 0.25) is 0 Å². The lowest BCUT2D eigenvalue weighted by Crippen LogP contribution is -1.97. The Morgan fingerprint density at radius 3 is 2.93 bits per heavy atom. The molecular formula is C11H10ClNO2. The van der Waals surface area contributed by atoms with Crippen molar-refractivity contribution in [2.24, 2.45) is 0 Å². The average Bonchev–Trinajstić information content (AvgIpc) is 2.21. The number of benzene rings is 1. The fourth-order valence-corrected chi connectivity index (χ4v) is 1.15. The zero-order chi connectivity index (χ0) is 11.3. The summed E-state index contributed by atoms with van der Waals surface area (Å²) in [6.07, 6.45) is 0.0528. The Morgan fingerprint density at radius 1 is 1.60 bits per heavy atom. The molecule has 4 heteroatoms. The average molecular weight is 224 g/mol. The topological polar surface area (TPSA) is 52.3 Å². The molecule has 0 aliphatic heterocycles. The van der Waals surface area contributed by atoms with Crippen molar-refractivity contribution in [1.29, 1.82) is 0 Å². The van der Waals surface area contributed by atoms with Gasteiger partial charge in [0.15, 0.2) is 0 Å². The molecule has 78 valence electrons. The highest BCUT2D eigenvalue weighted by Crippen LogP contribution is 2.17. The quantitative estimate of drug-likeness (QED) is 0.449. The second-order valence-electron chi connectivity index (χ2n) is 2.79. The van der Waals surface area contributed by atoms with Gasteiger partial charge in [-0.15, -0.1) is 0 Å². The van der Waals surface area contributed by atoms with Crippen LogP contribution in [-0.2, 0) is 9.53 Å². The fraction of sp³-hybridized carbons (Fsp3) is 0.182. The summed E-state index contributed by atoms with van der Waals surface area (Å²) in [4.78, 5) is 10.8. The molecular weight excluding hydrogens is 214 g/mol. The van der Waals surface area contributed by atoms with Crippen LogP contribution in [0, 0.1) is 11.8 Å². The molecule has 0 amide bonds. The number of carbonyl (C=O) groups is 1. The number of esters is 1. The Kier molecular flexibility index (Phi) is 4.02. The summed E-state index contributed by atoms with van der Waals surface area (Å²) in [6.45, 7) is 0. The van der Waals surface area contributed by atoms with Crippen molar-refractivity contribution in [3.63, 3.8) is 0 Å². The SMILES string of the molecule is COC(=O)CC#Cc1ccc(N)cc1Cl. The lowest BCUT2D eigenvalue weighted by Gasteiger charge is -1.96. The maximum Gasteiger partial charge on any atom is 0.317 e. The van der Waals surface area contributed by atoms with Crippen LogP contribution in [-0.4, -0.2) is 13.1 Å². The maximum atomic E-state index is 10.8. The smallest absolute Gasteiger partial charge is 0.317 e. The predicted molar refractivity (Wildman–Crippen MR) is 59.4 cm³/mol. The van der Waals surface area contributed by atoms with E-state index >= 15 is 0 Å². The van der Waals surface area contributed by atoms with E-state index in [1.165, 1.54) is 7.11 Å². The van der Waals surface area contributed by atoms with Crippen molar-refractivity contribution in [1.82, 2.24) is 0 Å². The van der Waals surface area contributed by atoms with E-state index in [1.807, 2.05) is 0 Å². The summed E-state index contributed by atoms with van der Waals surface area (Å²) in [6, 6.07) is 5.03. The highest BCUT2D eigenvalue weighted by molar-refractivity contribution is 6.32. The maximum absolute atomic E-state index is 10.8. The Hall–Kier alpha value is -1.66. The van der Waals surface area contributed by atoms with Gasteiger partial charge in [-0.3, -0.25) is 4.79 Å². The predicted octanol–water partition coefficient (Wildman–Crippen LogP) is 1.84. The summed E-state index contributed by atoms with van der Waals surface area (Å²) < 4.78 is 4.44. The molecule has 1 aromatic carbocycles. The first-order chi connectivity index (χ1) is 7.13. The molecule has 0 atom stereocenters. The van der Waals surface area contributed by atoms with Crippen LogP contribution in [0.3, 0.4) is 0 Å². The van der Waals surface area contributed by atoms with Gasteiger partial charge in [-0.05, 0) is 18.2 Å². The van der Waals surface area contributed by atoms with Crippen molar-refractivity contribution >= 4 is 23.3 Å². The summed E-state index contributed by atoms with van der Waals surface area (Å²) in [5.74, 6) is 5.06. The standard InChI is InChI=1S/C11H10ClNO2/c1-15-11(14)4-2-3-8-5-6-9(13)7-10(8)12/h5-7H,4,13H2,1H3. The van der Waals surface area contributed by atoms with Crippen LogP contribution < -0.4 is 5.73 Å². The number of rotatable bonds is 1. The molecule has 0 aliphatic carbocycles. The number of anilines is 1. The van der Waals surface area contributed by atoms with E-state index in [-0.39, 0.29) is 12.4 Å². The monoisotopic (exact) mass is 223 g/mol. The van der Waals surface area contributed by atoms with Crippen molar-refractivity contribution < 1.29 is 9.53 Å². The zero-order valence-corrected chi connectivity index (χ0v) is 8.97. The van der Waals surface area contributed by atoms with Gasteiger partial charge in [0, 0.05) is 11.3 Å². The molecule has 0 saturated heterocycles. The number of methoxy groups -OCH3 is 1. The van der Waals surface area contributed by atoms with Crippen molar-refractivity contribution in [3.05, 3.63) is 28.8 Å². The number of ether oxygens (including phenoxy) is 1. The van der Waals surface area contributed by atoms with Crippen LogP contribution >= 0.6 is 11.6 Å². The molecule has 3 nitrogen and oxygen atoms in total. The van der Waals surface area contributed by atoms with Gasteiger partial charge in [-0.25, -0.2) is 0 Å². The molecule has 0 spiro atoms. The number of nitrogen functional groups attached to an aromatic ring is 1. The minimum Gasteiger partial charge on any atom is -0.468 e. The van der Waals surface area contributed by atoms with Crippen LogP contribution in [0.25, 0.3) is 0 Å². The minimum atomic E-state index is -0.367. The number of hydrogen-bond donors (Lipinski definition) is 1. The van der Waals surface area contributed by atoms with Crippen LogP contribution in [0.15, 0.2) is 18.2 Å². The van der Waals surface area contributed by atoms with E-state index < -0.39 is 0 Å². The summed E-state index contributed by atoms with van der Waals surface area (Å²) >= 11 is 5.88. The zero-order valence-electron chi connectivity index (χ0n) is 8.21. The normalized spacial score (nSPS) is 8.93. The Morgan fingerprint density at radius 2 is 2.33 bits per heavy atom. The molecule has 0 radical (unpaired) electrons. The first-order valence-electron chi connectivity index (χ1n) is 4.24. The number of nitrogens with two attached hydrogens (primary N) is 1. The molecule has 0 aliphatic rings. The highest BCUT2D eigenvalue weighted by Gasteiger charge is 1.97. The van der Waals surface area contributed by atoms with Gasteiger partial charge in [0.25, 0.3) is 0 Å². The largest absolute Gasteiger partial charge is 0.468 e. The third-order valence-corrected chi connectivity index (χ3v) is 1.99. The molecule has 15 heavy (non-hydrogen) atoms. The lowest BCUT2D eigenvalue weighted by atomic mass is 10.2. The van der Waals surface area contributed by atoms with E-state index in [4.69, 9.17) is 17.3 Å². The lowest BCUT2D eigenvalue weighted by molar-refractivity contribution is -0.139.